The number of rotatable bonds is 3. The molecule has 174 valence electrons. The van der Waals surface area contributed by atoms with Crippen LogP contribution in [0.5, 0.6) is 5.75 Å². The largest absolute Gasteiger partial charge is 0.467 e. The summed E-state index contributed by atoms with van der Waals surface area (Å²) in [5.41, 5.74) is 2.92. The molecule has 3 nitrogen and oxygen atoms in total. The van der Waals surface area contributed by atoms with Crippen molar-refractivity contribution in [1.29, 1.82) is 0 Å². The standard InChI is InChI=1S/C21H26IO3P.C2H5Br.C2H6/c1-11(2)18-19-14(8-9-21(3)16(19)6-7-17(21)23)13-5-4-12(25-26-22)10-15(13)20(18)24;1-2-3;1-2/h4-5,10,14,16-19,23,26H,1,6-9H2,2-3H3;2H2,1H3;1-2H3. The Balaban J connectivity index is 0.000000630. The van der Waals surface area contributed by atoms with Crippen molar-refractivity contribution in [3.8, 4) is 5.75 Å². The summed E-state index contributed by atoms with van der Waals surface area (Å²) in [5.74, 6) is 1.87. The van der Waals surface area contributed by atoms with E-state index in [1.54, 1.807) is 0 Å². The van der Waals surface area contributed by atoms with Gasteiger partial charge < -0.3 is 9.63 Å². The van der Waals surface area contributed by atoms with Gasteiger partial charge in [0.2, 0.25) is 0 Å². The van der Waals surface area contributed by atoms with Gasteiger partial charge in [0.15, 0.2) is 5.78 Å². The summed E-state index contributed by atoms with van der Waals surface area (Å²) in [6.07, 6.45) is 3.70. The average Bonchev–Trinajstić information content (AvgIpc) is 3.05. The molecule has 2 fully saturated rings. The van der Waals surface area contributed by atoms with Gasteiger partial charge in [0.1, 0.15) is 12.2 Å². The molecule has 0 saturated heterocycles. The predicted octanol–water partition coefficient (Wildman–Crippen LogP) is 8.10. The highest BCUT2D eigenvalue weighted by Gasteiger charge is 2.58. The van der Waals surface area contributed by atoms with Crippen LogP contribution < -0.4 is 4.52 Å². The molecule has 0 spiro atoms. The molecule has 7 atom stereocenters. The smallest absolute Gasteiger partial charge is 0.170 e. The molecule has 3 aliphatic rings. The fourth-order valence-electron chi connectivity index (χ4n) is 6.07. The third-order valence-corrected chi connectivity index (χ3v) is 8.30. The van der Waals surface area contributed by atoms with E-state index in [1.165, 1.54) is 5.56 Å². The van der Waals surface area contributed by atoms with Gasteiger partial charge in [-0.15, -0.1) is 0 Å². The van der Waals surface area contributed by atoms with Gasteiger partial charge in [-0.3, -0.25) is 4.79 Å². The van der Waals surface area contributed by atoms with Crippen molar-refractivity contribution < 1.29 is 14.4 Å². The van der Waals surface area contributed by atoms with Crippen LogP contribution in [0.25, 0.3) is 0 Å². The molecule has 0 aromatic heterocycles. The lowest BCUT2D eigenvalue weighted by Gasteiger charge is -2.52. The Morgan fingerprint density at radius 2 is 2.00 bits per heavy atom. The summed E-state index contributed by atoms with van der Waals surface area (Å²) < 4.78 is 5.66. The highest BCUT2D eigenvalue weighted by molar-refractivity contribution is 14.2. The number of fused-ring (bicyclic) bond motifs is 5. The number of ketones is 1. The number of alkyl halides is 1. The number of carbonyl (C=O) groups is 1. The fraction of sp³-hybridized carbons (Fsp3) is 0.640. The lowest BCUT2D eigenvalue weighted by atomic mass is 9.51. The van der Waals surface area contributed by atoms with Gasteiger partial charge in [0, 0.05) is 16.8 Å². The third-order valence-electron chi connectivity index (χ3n) is 7.33. The highest BCUT2D eigenvalue weighted by Crippen LogP contribution is 2.63. The maximum absolute atomic E-state index is 13.5. The molecule has 2 saturated carbocycles. The molecule has 0 aliphatic heterocycles. The van der Waals surface area contributed by atoms with Crippen LogP contribution in [0.4, 0.5) is 0 Å². The zero-order valence-electron chi connectivity index (χ0n) is 19.4. The van der Waals surface area contributed by atoms with Crippen LogP contribution >= 0.6 is 44.4 Å². The zero-order valence-corrected chi connectivity index (χ0v) is 24.1. The lowest BCUT2D eigenvalue weighted by Crippen LogP contribution is -2.49. The number of benzene rings is 1. The number of Topliss-reactive ketones (excluding diaryl/α,β-unsaturated/α-hetero) is 1. The van der Waals surface area contributed by atoms with Gasteiger partial charge in [-0.25, -0.2) is 0 Å². The fourth-order valence-corrected chi connectivity index (χ4v) is 7.05. The van der Waals surface area contributed by atoms with E-state index >= 15 is 0 Å². The molecule has 1 aromatic carbocycles. The van der Waals surface area contributed by atoms with Gasteiger partial charge >= 0.3 is 0 Å². The second-order valence-corrected chi connectivity index (χ2v) is 11.6. The normalized spacial score (nSPS) is 33.3. The minimum atomic E-state index is -0.240. The lowest BCUT2D eigenvalue weighted by molar-refractivity contribution is -0.0298. The minimum absolute atomic E-state index is 0.0575. The Kier molecular flexibility index (Phi) is 10.5. The topological polar surface area (TPSA) is 46.5 Å². The summed E-state index contributed by atoms with van der Waals surface area (Å²) in [6, 6.07) is 6.06. The number of carbonyl (C=O) groups excluding carboxylic acids is 1. The van der Waals surface area contributed by atoms with Gasteiger partial charge in [-0.05, 0) is 95.5 Å². The van der Waals surface area contributed by atoms with Crippen molar-refractivity contribution in [3.63, 3.8) is 0 Å². The van der Waals surface area contributed by atoms with Gasteiger partial charge in [0.05, 0.1) is 6.10 Å². The Labute approximate surface area is 211 Å². The first-order valence-corrected chi connectivity index (χ1v) is 16.5. The van der Waals surface area contributed by atoms with E-state index in [1.807, 2.05) is 39.8 Å². The Bertz CT molecular complexity index is 786. The second-order valence-electron chi connectivity index (χ2n) is 8.81. The average molecular weight is 623 g/mol. The predicted molar refractivity (Wildman–Crippen MR) is 145 cm³/mol. The Hall–Kier alpha value is 0.0300. The van der Waals surface area contributed by atoms with Crippen LogP contribution in [-0.4, -0.2) is 22.3 Å². The molecule has 0 radical (unpaired) electrons. The van der Waals surface area contributed by atoms with Crippen molar-refractivity contribution in [3.05, 3.63) is 41.5 Å². The first-order valence-electron chi connectivity index (χ1n) is 11.4. The summed E-state index contributed by atoms with van der Waals surface area (Å²) in [7, 11) is 0. The van der Waals surface area contributed by atoms with E-state index in [0.717, 1.165) is 47.9 Å². The van der Waals surface area contributed by atoms with Crippen LogP contribution in [0.15, 0.2) is 30.4 Å². The second kappa shape index (κ2) is 11.9. The highest BCUT2D eigenvalue weighted by atomic mass is 127. The molecular weight excluding hydrogens is 586 g/mol. The first-order chi connectivity index (χ1) is 14.8. The summed E-state index contributed by atoms with van der Waals surface area (Å²) in [4.78, 5) is 13.5. The van der Waals surface area contributed by atoms with E-state index in [-0.39, 0.29) is 29.1 Å². The molecule has 3 aliphatic carbocycles. The molecule has 1 N–H and O–H groups in total. The summed E-state index contributed by atoms with van der Waals surface area (Å²) in [6.45, 7) is 14.8. The van der Waals surface area contributed by atoms with E-state index in [4.69, 9.17) is 4.52 Å². The SMILES string of the molecule is C=C(C)C1C(=O)c2cc(OPI)ccc2C2CCC3(C)C(O)CCC3C12.CC.CCBr. The maximum atomic E-state index is 13.5. The number of hydrogen-bond acceptors (Lipinski definition) is 3. The summed E-state index contributed by atoms with van der Waals surface area (Å²) >= 11 is 5.35. The molecular formula is C25H37BrIO3P. The molecule has 31 heavy (non-hydrogen) atoms. The number of allylic oxidation sites excluding steroid dienone is 1. The van der Waals surface area contributed by atoms with Crippen LogP contribution in [0, 0.1) is 23.2 Å². The third kappa shape index (κ3) is 5.25. The molecule has 0 amide bonds. The van der Waals surface area contributed by atoms with Crippen LogP contribution in [0.1, 0.15) is 82.1 Å². The quantitative estimate of drug-likeness (QED) is 0.160. The molecule has 0 heterocycles. The van der Waals surface area contributed by atoms with Crippen LogP contribution in [0.2, 0.25) is 0 Å². The molecule has 1 aromatic rings. The van der Waals surface area contributed by atoms with Crippen molar-refractivity contribution in [2.24, 2.45) is 23.2 Å². The van der Waals surface area contributed by atoms with Crippen LogP contribution in [-0.2, 0) is 0 Å². The van der Waals surface area contributed by atoms with Gasteiger partial charge in [-0.1, -0.05) is 61.8 Å². The van der Waals surface area contributed by atoms with E-state index in [9.17, 15) is 9.90 Å². The van der Waals surface area contributed by atoms with Crippen molar-refractivity contribution >= 4 is 50.2 Å². The maximum Gasteiger partial charge on any atom is 0.170 e. The summed E-state index contributed by atoms with van der Waals surface area (Å²) in [5, 5.41) is 11.7. The first kappa shape index (κ1) is 27.3. The number of aliphatic hydroxyl groups is 1. The number of aliphatic hydroxyl groups excluding tert-OH is 1. The molecule has 0 bridgehead atoms. The van der Waals surface area contributed by atoms with E-state index in [2.05, 4.69) is 57.5 Å². The van der Waals surface area contributed by atoms with E-state index in [0.29, 0.717) is 18.3 Å². The monoisotopic (exact) mass is 622 g/mol. The Morgan fingerprint density at radius 3 is 2.58 bits per heavy atom. The Morgan fingerprint density at radius 1 is 1.35 bits per heavy atom. The number of hydrogen-bond donors (Lipinski definition) is 1. The molecule has 7 unspecified atom stereocenters. The van der Waals surface area contributed by atoms with E-state index < -0.39 is 0 Å². The van der Waals surface area contributed by atoms with Crippen molar-refractivity contribution in [2.45, 2.75) is 72.3 Å². The number of halogens is 2. The van der Waals surface area contributed by atoms with Crippen molar-refractivity contribution in [2.75, 3.05) is 5.33 Å². The zero-order chi connectivity index (χ0) is 23.3. The molecule has 4 rings (SSSR count). The van der Waals surface area contributed by atoms with Gasteiger partial charge in [0.25, 0.3) is 0 Å². The van der Waals surface area contributed by atoms with Crippen LogP contribution in [0.3, 0.4) is 0 Å². The van der Waals surface area contributed by atoms with Crippen molar-refractivity contribution in [1.82, 2.24) is 0 Å². The van der Waals surface area contributed by atoms with Gasteiger partial charge in [-0.2, -0.15) is 0 Å². The minimum Gasteiger partial charge on any atom is -0.467 e. The molecule has 6 heteroatoms.